The molecule has 44 heavy (non-hydrogen) atoms. The van der Waals surface area contributed by atoms with Crippen molar-refractivity contribution < 1.29 is 21.9 Å². The summed E-state index contributed by atoms with van der Waals surface area (Å²) in [6.45, 7) is 2.95. The van der Waals surface area contributed by atoms with Crippen molar-refractivity contribution in [2.24, 2.45) is 0 Å². The van der Waals surface area contributed by atoms with Gasteiger partial charge in [0.2, 0.25) is 0 Å². The molecule has 0 unspecified atom stereocenters. The molecule has 0 aliphatic carbocycles. The third-order valence-corrected chi connectivity index (χ3v) is 10.0. The van der Waals surface area contributed by atoms with Gasteiger partial charge in [-0.2, -0.15) is 0 Å². The Morgan fingerprint density at radius 1 is 1.05 bits per heavy atom. The highest BCUT2D eigenvalue weighted by Gasteiger charge is 2.15. The highest BCUT2D eigenvalue weighted by molar-refractivity contribution is 9.10. The van der Waals surface area contributed by atoms with Crippen LogP contribution in [-0.2, 0) is 22.9 Å². The zero-order valence-electron chi connectivity index (χ0n) is 23.8. The molecule has 0 atom stereocenters. The zero-order chi connectivity index (χ0) is 31.1. The summed E-state index contributed by atoms with van der Waals surface area (Å²) < 4.78 is 58.4. The lowest BCUT2D eigenvalue weighted by atomic mass is 10.1. The van der Waals surface area contributed by atoms with E-state index in [9.17, 15) is 12.8 Å². The van der Waals surface area contributed by atoms with E-state index in [0.717, 1.165) is 22.7 Å². The van der Waals surface area contributed by atoms with Crippen LogP contribution in [0.2, 0.25) is 0 Å². The lowest BCUT2D eigenvalue weighted by molar-refractivity contribution is 0.303. The number of hydrogen-bond acceptors (Lipinski definition) is 9. The average molecular weight is 703 g/mol. The van der Waals surface area contributed by atoms with Crippen LogP contribution in [0.4, 0.5) is 20.3 Å². The summed E-state index contributed by atoms with van der Waals surface area (Å²) in [6, 6.07) is 14.8. The molecule has 13 heteroatoms. The van der Waals surface area contributed by atoms with Crippen molar-refractivity contribution in [1.29, 1.82) is 0 Å². The molecule has 0 amide bonds. The lowest BCUT2D eigenvalue weighted by Gasteiger charge is -2.13. The van der Waals surface area contributed by atoms with Gasteiger partial charge in [-0.25, -0.2) is 32.2 Å². The van der Waals surface area contributed by atoms with Crippen molar-refractivity contribution in [1.82, 2.24) is 20.3 Å². The van der Waals surface area contributed by atoms with Gasteiger partial charge in [0.25, 0.3) is 0 Å². The fraction of sp³-hybridized carbons (Fsp3) is 0.258. The molecule has 0 saturated carbocycles. The zero-order valence-corrected chi connectivity index (χ0v) is 27.0. The van der Waals surface area contributed by atoms with Crippen LogP contribution in [0.1, 0.15) is 23.9 Å². The van der Waals surface area contributed by atoms with Crippen LogP contribution in [0.5, 0.6) is 5.75 Å². The first-order valence-electron chi connectivity index (χ1n) is 13.9. The van der Waals surface area contributed by atoms with E-state index in [-0.39, 0.29) is 23.9 Å². The van der Waals surface area contributed by atoms with Crippen molar-refractivity contribution in [2.75, 3.05) is 29.9 Å². The van der Waals surface area contributed by atoms with Crippen molar-refractivity contribution >= 4 is 59.5 Å². The van der Waals surface area contributed by atoms with E-state index in [1.54, 1.807) is 31.2 Å². The molecule has 0 saturated heterocycles. The van der Waals surface area contributed by atoms with E-state index < -0.39 is 15.7 Å². The molecule has 0 radical (unpaired) electrons. The van der Waals surface area contributed by atoms with Gasteiger partial charge in [0.15, 0.2) is 9.84 Å². The fourth-order valence-corrected chi connectivity index (χ4v) is 6.48. The summed E-state index contributed by atoms with van der Waals surface area (Å²) in [5.41, 5.74) is 2.77. The molecule has 0 fully saturated rings. The lowest BCUT2D eigenvalue weighted by Crippen LogP contribution is -2.24. The maximum absolute atomic E-state index is 15.2. The van der Waals surface area contributed by atoms with Gasteiger partial charge in [0.1, 0.15) is 36.1 Å². The maximum Gasteiger partial charge on any atom is 0.151 e. The molecule has 2 N–H and O–H groups in total. The quantitative estimate of drug-likeness (QED) is 0.118. The Bertz CT molecular complexity index is 1870. The molecule has 5 aromatic rings. The van der Waals surface area contributed by atoms with Crippen LogP contribution in [0, 0.1) is 11.6 Å². The van der Waals surface area contributed by atoms with Crippen molar-refractivity contribution in [3.63, 3.8) is 0 Å². The summed E-state index contributed by atoms with van der Waals surface area (Å²) in [5.74, 6) is 0.622. The first kappa shape index (κ1) is 31.9. The second-order valence-electron chi connectivity index (χ2n) is 9.98. The van der Waals surface area contributed by atoms with E-state index in [0.29, 0.717) is 57.7 Å². The molecule has 3 aromatic carbocycles. The topological polar surface area (TPSA) is 106 Å². The van der Waals surface area contributed by atoms with Crippen LogP contribution in [0.15, 0.2) is 70.8 Å². The van der Waals surface area contributed by atoms with E-state index in [2.05, 4.69) is 41.5 Å². The molecular formula is C31H30BrF2N5O3S2. The molecule has 2 heterocycles. The third kappa shape index (κ3) is 8.35. The van der Waals surface area contributed by atoms with Gasteiger partial charge in [0, 0.05) is 46.8 Å². The monoisotopic (exact) mass is 701 g/mol. The molecule has 0 aliphatic heterocycles. The number of aryl methyl sites for hydroxylation is 1. The minimum absolute atomic E-state index is 0.127. The van der Waals surface area contributed by atoms with Crippen LogP contribution in [0.25, 0.3) is 22.2 Å². The number of sulfone groups is 1. The highest BCUT2D eigenvalue weighted by Crippen LogP contribution is 2.34. The van der Waals surface area contributed by atoms with Crippen LogP contribution < -0.4 is 15.4 Å². The van der Waals surface area contributed by atoms with Gasteiger partial charge < -0.3 is 15.4 Å². The Hall–Kier alpha value is -3.52. The van der Waals surface area contributed by atoms with E-state index in [4.69, 9.17) is 4.74 Å². The third-order valence-electron chi connectivity index (χ3n) is 6.80. The average Bonchev–Trinajstić information content (AvgIpc) is 3.47. The van der Waals surface area contributed by atoms with E-state index in [1.165, 1.54) is 35.9 Å². The Kier molecular flexibility index (Phi) is 10.5. The molecule has 230 valence electrons. The predicted molar refractivity (Wildman–Crippen MR) is 174 cm³/mol. The Balaban J connectivity index is 1.25. The molecule has 0 spiro atoms. The summed E-state index contributed by atoms with van der Waals surface area (Å²) in [5, 5.41) is 9.77. The van der Waals surface area contributed by atoms with E-state index >= 15 is 4.39 Å². The van der Waals surface area contributed by atoms with Gasteiger partial charge in [-0.15, -0.1) is 11.3 Å². The number of nitrogens with one attached hydrogen (secondary N) is 2. The minimum Gasteiger partial charge on any atom is -0.488 e. The van der Waals surface area contributed by atoms with Crippen LogP contribution in [0.3, 0.4) is 0 Å². The summed E-state index contributed by atoms with van der Waals surface area (Å²) >= 11 is 5.00. The van der Waals surface area contributed by atoms with Gasteiger partial charge in [-0.3, -0.25) is 0 Å². The number of thiazole rings is 1. The standard InChI is InChI=1S/C31H30BrF2N5O3S2/c1-2-44(40,41)12-11-35-10-4-7-30-39-28(18-43-30)23-15-24-27(16-26(23)34)36-19-37-31(24)38-22-8-9-29(25(32)14-22)42-17-20-5-3-6-21(33)13-20/h3,5-6,8-9,13-16,18-19,35H,2,4,7,10-12,17H2,1H3,(H,36,37,38). The number of rotatable bonds is 14. The Morgan fingerprint density at radius 3 is 2.70 bits per heavy atom. The molecular weight excluding hydrogens is 672 g/mol. The summed E-state index contributed by atoms with van der Waals surface area (Å²) in [7, 11) is -2.98. The normalized spacial score (nSPS) is 11.6. The highest BCUT2D eigenvalue weighted by atomic mass is 79.9. The van der Waals surface area contributed by atoms with Crippen molar-refractivity contribution in [2.45, 2.75) is 26.4 Å². The number of fused-ring (bicyclic) bond motifs is 1. The van der Waals surface area contributed by atoms with Gasteiger partial charge in [0.05, 0.1) is 26.4 Å². The second-order valence-corrected chi connectivity index (χ2v) is 14.2. The SMILES string of the molecule is CCS(=O)(=O)CCNCCCc1nc(-c2cc3c(Nc4ccc(OCc5cccc(F)c5)c(Br)c4)ncnc3cc2F)cs1. The minimum atomic E-state index is -2.98. The maximum atomic E-state index is 15.2. The fourth-order valence-electron chi connectivity index (χ4n) is 4.40. The number of halogens is 3. The van der Waals surface area contributed by atoms with Crippen LogP contribution in [-0.4, -0.2) is 48.0 Å². The number of anilines is 2. The van der Waals surface area contributed by atoms with Gasteiger partial charge >= 0.3 is 0 Å². The molecule has 2 aromatic heterocycles. The Morgan fingerprint density at radius 2 is 1.91 bits per heavy atom. The number of nitrogens with zero attached hydrogens (tertiary/aromatic N) is 3. The van der Waals surface area contributed by atoms with Gasteiger partial charge in [-0.1, -0.05) is 19.1 Å². The van der Waals surface area contributed by atoms with Crippen LogP contribution >= 0.6 is 27.3 Å². The number of benzene rings is 3. The second kappa shape index (κ2) is 14.5. The van der Waals surface area contributed by atoms with Crippen molar-refractivity contribution in [3.8, 4) is 17.0 Å². The molecule has 0 aliphatic rings. The smallest absolute Gasteiger partial charge is 0.151 e. The van der Waals surface area contributed by atoms with Gasteiger partial charge in [-0.05, 0) is 70.9 Å². The first-order chi connectivity index (χ1) is 21.2. The summed E-state index contributed by atoms with van der Waals surface area (Å²) in [4.78, 5) is 13.3. The predicted octanol–water partition coefficient (Wildman–Crippen LogP) is 7.07. The molecule has 0 bridgehead atoms. The number of aromatic nitrogens is 3. The molecule has 5 rings (SSSR count). The number of hydrogen-bond donors (Lipinski definition) is 2. The number of ether oxygens (including phenoxy) is 1. The Labute approximate surface area is 267 Å². The molecule has 8 nitrogen and oxygen atoms in total. The van der Waals surface area contributed by atoms with Crippen molar-refractivity contribution in [3.05, 3.63) is 93.0 Å². The van der Waals surface area contributed by atoms with E-state index in [1.807, 2.05) is 17.5 Å². The summed E-state index contributed by atoms with van der Waals surface area (Å²) in [6.07, 6.45) is 2.85. The largest absolute Gasteiger partial charge is 0.488 e. The first-order valence-corrected chi connectivity index (χ1v) is 17.4.